The highest BCUT2D eigenvalue weighted by atomic mass is 32.2. The Morgan fingerprint density at radius 1 is 1.12 bits per heavy atom. The van der Waals surface area contributed by atoms with Crippen LogP contribution in [0.5, 0.6) is 0 Å². The molecule has 0 spiro atoms. The molecule has 0 radical (unpaired) electrons. The number of aromatic nitrogens is 1. The molecule has 0 fully saturated rings. The van der Waals surface area contributed by atoms with E-state index in [2.05, 4.69) is 10.9 Å². The summed E-state index contributed by atoms with van der Waals surface area (Å²) in [6, 6.07) is 18.0. The number of terminal acetylenes is 1. The van der Waals surface area contributed by atoms with Crippen molar-refractivity contribution in [3.8, 4) is 12.3 Å². The third kappa shape index (κ3) is 4.55. The monoisotopic (exact) mass is 491 g/mol. The van der Waals surface area contributed by atoms with Crippen molar-refractivity contribution in [3.05, 3.63) is 71.0 Å². The van der Waals surface area contributed by atoms with Crippen LogP contribution in [0.1, 0.15) is 30.1 Å². The van der Waals surface area contributed by atoms with Gasteiger partial charge in [-0.05, 0) is 42.1 Å². The highest BCUT2D eigenvalue weighted by molar-refractivity contribution is 7.89. The number of rotatable bonds is 7. The van der Waals surface area contributed by atoms with Crippen LogP contribution in [0.2, 0.25) is 0 Å². The van der Waals surface area contributed by atoms with E-state index in [9.17, 15) is 13.2 Å². The molecule has 3 aromatic carbocycles. The van der Waals surface area contributed by atoms with Crippen LogP contribution in [-0.4, -0.2) is 36.8 Å². The van der Waals surface area contributed by atoms with Crippen molar-refractivity contribution in [2.45, 2.75) is 31.2 Å². The maximum Gasteiger partial charge on any atom is 0.279 e. The number of fused-ring (bicyclic) bond motifs is 3. The number of sulfonamides is 1. The number of thiazole rings is 1. The number of nitrogens with zero attached hydrogens (tertiary/aromatic N) is 3. The van der Waals surface area contributed by atoms with E-state index in [1.165, 1.54) is 39.9 Å². The Hall–Kier alpha value is -3.25. The molecule has 1 aromatic heterocycles. The van der Waals surface area contributed by atoms with E-state index >= 15 is 0 Å². The summed E-state index contributed by atoms with van der Waals surface area (Å²) in [7, 11) is -2.03. The van der Waals surface area contributed by atoms with Gasteiger partial charge in [-0.1, -0.05) is 60.9 Å². The first-order chi connectivity index (χ1) is 16.4. The number of carbonyl (C=O) groups is 1. The Balaban J connectivity index is 1.71. The number of hydrogen-bond donors (Lipinski definition) is 0. The number of amides is 1. The van der Waals surface area contributed by atoms with Crippen LogP contribution in [-0.2, 0) is 16.6 Å². The van der Waals surface area contributed by atoms with Crippen LogP contribution in [0, 0.1) is 12.3 Å². The fourth-order valence-corrected chi connectivity index (χ4v) is 6.10. The van der Waals surface area contributed by atoms with E-state index in [0.29, 0.717) is 16.9 Å². The summed E-state index contributed by atoms with van der Waals surface area (Å²) in [5, 5.41) is 2.18. The van der Waals surface area contributed by atoms with Crippen LogP contribution >= 0.6 is 11.3 Å². The molecular formula is C26H25N3O3S2. The molecule has 8 heteroatoms. The van der Waals surface area contributed by atoms with Crippen LogP contribution in [0.4, 0.5) is 0 Å². The maximum atomic E-state index is 13.0. The normalized spacial score (nSPS) is 12.5. The molecule has 34 heavy (non-hydrogen) atoms. The number of benzene rings is 3. The largest absolute Gasteiger partial charge is 0.305 e. The summed E-state index contributed by atoms with van der Waals surface area (Å²) < 4.78 is 29.7. The molecule has 1 heterocycles. The lowest BCUT2D eigenvalue weighted by atomic mass is 10.1. The molecule has 0 bridgehead atoms. The zero-order chi connectivity index (χ0) is 24.3. The second kappa shape index (κ2) is 9.94. The second-order valence-corrected chi connectivity index (χ2v) is 11.0. The quantitative estimate of drug-likeness (QED) is 0.353. The van der Waals surface area contributed by atoms with Crippen molar-refractivity contribution < 1.29 is 13.2 Å². The minimum atomic E-state index is -3.60. The Kier molecular flexibility index (Phi) is 6.98. The summed E-state index contributed by atoms with van der Waals surface area (Å²) in [6.45, 7) is 2.74. The average Bonchev–Trinajstić information content (AvgIpc) is 3.20. The molecule has 0 unspecified atom stereocenters. The van der Waals surface area contributed by atoms with Gasteiger partial charge >= 0.3 is 0 Å². The topological polar surface area (TPSA) is 71.7 Å². The van der Waals surface area contributed by atoms with E-state index in [4.69, 9.17) is 6.42 Å². The standard InChI is InChI=1S/C26H25N3O3S2/c1-4-6-18-28(3)34(31,32)21-14-11-20(12-15-21)25(30)27-26-29(17-5-2)23-16-13-19-9-7-8-10-22(19)24(23)33-26/h2,7-16H,4,6,17-18H2,1,3H3. The molecule has 0 N–H and O–H groups in total. The highest BCUT2D eigenvalue weighted by Gasteiger charge is 2.20. The molecule has 6 nitrogen and oxygen atoms in total. The van der Waals surface area contributed by atoms with Crippen molar-refractivity contribution in [2.75, 3.05) is 13.6 Å². The van der Waals surface area contributed by atoms with Gasteiger partial charge < -0.3 is 4.57 Å². The van der Waals surface area contributed by atoms with E-state index < -0.39 is 15.9 Å². The molecule has 0 aliphatic carbocycles. The number of carbonyl (C=O) groups excluding carboxylic acids is 1. The van der Waals surface area contributed by atoms with Crippen molar-refractivity contribution in [1.82, 2.24) is 8.87 Å². The lowest BCUT2D eigenvalue weighted by Gasteiger charge is -2.16. The van der Waals surface area contributed by atoms with E-state index in [0.717, 1.165) is 33.8 Å². The van der Waals surface area contributed by atoms with Gasteiger partial charge in [-0.25, -0.2) is 12.7 Å². The zero-order valence-electron chi connectivity index (χ0n) is 19.1. The van der Waals surface area contributed by atoms with Gasteiger partial charge in [0.25, 0.3) is 5.91 Å². The first-order valence-corrected chi connectivity index (χ1v) is 13.2. The van der Waals surface area contributed by atoms with Crippen molar-refractivity contribution in [1.29, 1.82) is 0 Å². The van der Waals surface area contributed by atoms with E-state index in [-0.39, 0.29) is 11.4 Å². The van der Waals surface area contributed by atoms with E-state index in [1.54, 1.807) is 7.05 Å². The lowest BCUT2D eigenvalue weighted by molar-refractivity contribution is 0.0998. The van der Waals surface area contributed by atoms with Gasteiger partial charge in [0.2, 0.25) is 10.0 Å². The predicted molar refractivity (Wildman–Crippen MR) is 137 cm³/mol. The van der Waals surface area contributed by atoms with E-state index in [1.807, 2.05) is 47.9 Å². The smallest absolute Gasteiger partial charge is 0.279 e. The Bertz CT molecular complexity index is 1570. The third-order valence-corrected chi connectivity index (χ3v) is 8.65. The van der Waals surface area contributed by atoms with Crippen LogP contribution in [0.3, 0.4) is 0 Å². The number of unbranched alkanes of at least 4 members (excludes halogenated alkanes) is 1. The minimum Gasteiger partial charge on any atom is -0.305 e. The van der Waals surface area contributed by atoms with Crippen molar-refractivity contribution in [2.24, 2.45) is 4.99 Å². The fraction of sp³-hybridized carbons (Fsp3) is 0.231. The maximum absolute atomic E-state index is 13.0. The predicted octanol–water partition coefficient (Wildman–Crippen LogP) is 4.65. The van der Waals surface area contributed by atoms with Gasteiger partial charge in [0, 0.05) is 24.5 Å². The van der Waals surface area contributed by atoms with Gasteiger partial charge in [0.05, 0.1) is 21.7 Å². The summed E-state index contributed by atoms with van der Waals surface area (Å²) in [4.78, 5) is 18.0. The summed E-state index contributed by atoms with van der Waals surface area (Å²) in [5.41, 5.74) is 1.23. The second-order valence-electron chi connectivity index (χ2n) is 7.93. The average molecular weight is 492 g/mol. The minimum absolute atomic E-state index is 0.151. The highest BCUT2D eigenvalue weighted by Crippen LogP contribution is 2.27. The van der Waals surface area contributed by atoms with Gasteiger partial charge in [-0.3, -0.25) is 4.79 Å². The Morgan fingerprint density at radius 3 is 2.56 bits per heavy atom. The molecule has 0 aliphatic heterocycles. The van der Waals surface area contributed by atoms with Gasteiger partial charge in [-0.15, -0.1) is 6.42 Å². The first kappa shape index (κ1) is 23.9. The summed E-state index contributed by atoms with van der Waals surface area (Å²) in [5.74, 6) is 2.19. The molecule has 4 rings (SSSR count). The molecule has 4 aromatic rings. The first-order valence-electron chi connectivity index (χ1n) is 11.0. The van der Waals surface area contributed by atoms with Crippen LogP contribution < -0.4 is 4.80 Å². The molecule has 1 amide bonds. The van der Waals surface area contributed by atoms with Gasteiger partial charge in [0.15, 0.2) is 4.80 Å². The van der Waals surface area contributed by atoms with Crippen molar-refractivity contribution in [3.63, 3.8) is 0 Å². The zero-order valence-corrected chi connectivity index (χ0v) is 20.7. The fourth-order valence-electron chi connectivity index (χ4n) is 3.73. The molecule has 0 aliphatic rings. The Labute approximate surface area is 203 Å². The van der Waals surface area contributed by atoms with Crippen molar-refractivity contribution >= 4 is 48.3 Å². The molecule has 0 atom stereocenters. The molecular weight excluding hydrogens is 466 g/mol. The van der Waals surface area contributed by atoms with Gasteiger partial charge in [-0.2, -0.15) is 4.99 Å². The van der Waals surface area contributed by atoms with Gasteiger partial charge in [0.1, 0.15) is 0 Å². The number of hydrogen-bond acceptors (Lipinski definition) is 4. The third-order valence-electron chi connectivity index (χ3n) is 5.66. The molecule has 174 valence electrons. The van der Waals surface area contributed by atoms with Crippen LogP contribution in [0.25, 0.3) is 21.0 Å². The Morgan fingerprint density at radius 2 is 1.85 bits per heavy atom. The lowest BCUT2D eigenvalue weighted by Crippen LogP contribution is -2.27. The molecule has 0 saturated carbocycles. The summed E-state index contributed by atoms with van der Waals surface area (Å²) >= 11 is 1.41. The SMILES string of the molecule is C#CCn1c(=NC(=O)c2ccc(S(=O)(=O)N(C)CCCC)cc2)sc2c3ccccc3ccc21. The van der Waals surface area contributed by atoms with Crippen LogP contribution in [0.15, 0.2) is 70.6 Å². The molecule has 0 saturated heterocycles. The summed E-state index contributed by atoms with van der Waals surface area (Å²) in [6.07, 6.45) is 7.28.